The molecule has 1 fully saturated rings. The fraction of sp³-hybridized carbons (Fsp3) is 1.00. The maximum atomic E-state index is 5.55. The van der Waals surface area contributed by atoms with Crippen molar-refractivity contribution < 1.29 is 4.74 Å². The van der Waals surface area contributed by atoms with E-state index in [2.05, 4.69) is 38.0 Å². The maximum absolute atomic E-state index is 5.55. The third-order valence-corrected chi connectivity index (χ3v) is 4.51. The lowest BCUT2D eigenvalue weighted by atomic mass is 10.2. The molecule has 0 aliphatic carbocycles. The first-order valence-electron chi connectivity index (χ1n) is 5.68. The summed E-state index contributed by atoms with van der Waals surface area (Å²) in [6.45, 7) is 5.39. The van der Waals surface area contributed by atoms with E-state index in [1.54, 1.807) is 0 Å². The van der Waals surface area contributed by atoms with Gasteiger partial charge in [-0.1, -0.05) is 13.3 Å². The van der Waals surface area contributed by atoms with Gasteiger partial charge in [0.1, 0.15) is 0 Å². The van der Waals surface area contributed by atoms with Gasteiger partial charge in [-0.2, -0.15) is 11.8 Å². The third kappa shape index (κ3) is 3.79. The van der Waals surface area contributed by atoms with Crippen molar-refractivity contribution in [3.63, 3.8) is 0 Å². The number of rotatable bonds is 6. The summed E-state index contributed by atoms with van der Waals surface area (Å²) in [5, 5.41) is 4.10. The molecular weight excluding hydrogens is 194 g/mol. The van der Waals surface area contributed by atoms with Crippen LogP contribution in [0.15, 0.2) is 0 Å². The standard InChI is InChI=1S/C11H23NOS/c1-4-5-10(12-3)8-14-11-6-7-13-9(11)2/h9-12H,4-8H2,1-3H3. The van der Waals surface area contributed by atoms with Crippen molar-refractivity contribution in [2.24, 2.45) is 0 Å². The first-order chi connectivity index (χ1) is 6.77. The van der Waals surface area contributed by atoms with Crippen molar-refractivity contribution in [1.82, 2.24) is 5.32 Å². The molecule has 1 heterocycles. The molecule has 0 radical (unpaired) electrons. The van der Waals surface area contributed by atoms with Crippen molar-refractivity contribution in [3.05, 3.63) is 0 Å². The van der Waals surface area contributed by atoms with Gasteiger partial charge in [0, 0.05) is 23.7 Å². The van der Waals surface area contributed by atoms with Crippen molar-refractivity contribution in [2.75, 3.05) is 19.4 Å². The highest BCUT2D eigenvalue weighted by atomic mass is 32.2. The molecule has 1 rings (SSSR count). The van der Waals surface area contributed by atoms with Gasteiger partial charge in [0.05, 0.1) is 6.10 Å². The SMILES string of the molecule is CCCC(CSC1CCOC1C)NC. The monoisotopic (exact) mass is 217 g/mol. The van der Waals surface area contributed by atoms with E-state index in [9.17, 15) is 0 Å². The van der Waals surface area contributed by atoms with Gasteiger partial charge in [-0.05, 0) is 26.8 Å². The minimum absolute atomic E-state index is 0.458. The van der Waals surface area contributed by atoms with Gasteiger partial charge >= 0.3 is 0 Å². The zero-order chi connectivity index (χ0) is 10.4. The Morgan fingerprint density at radius 2 is 2.36 bits per heavy atom. The Bertz CT molecular complexity index is 154. The molecule has 0 aromatic carbocycles. The molecule has 84 valence electrons. The van der Waals surface area contributed by atoms with E-state index in [4.69, 9.17) is 4.74 Å². The summed E-state index contributed by atoms with van der Waals surface area (Å²) in [4.78, 5) is 0. The maximum Gasteiger partial charge on any atom is 0.0666 e. The second kappa shape index (κ2) is 6.70. The lowest BCUT2D eigenvalue weighted by Gasteiger charge is -2.19. The van der Waals surface area contributed by atoms with Gasteiger partial charge in [-0.3, -0.25) is 0 Å². The van der Waals surface area contributed by atoms with Crippen LogP contribution < -0.4 is 5.32 Å². The van der Waals surface area contributed by atoms with E-state index in [-0.39, 0.29) is 0 Å². The molecule has 0 amide bonds. The second-order valence-electron chi connectivity index (χ2n) is 4.01. The quantitative estimate of drug-likeness (QED) is 0.737. The van der Waals surface area contributed by atoms with Crippen LogP contribution in [0.2, 0.25) is 0 Å². The lowest BCUT2D eigenvalue weighted by molar-refractivity contribution is 0.127. The highest BCUT2D eigenvalue weighted by molar-refractivity contribution is 8.00. The molecule has 1 aliphatic heterocycles. The smallest absolute Gasteiger partial charge is 0.0666 e. The molecule has 3 unspecified atom stereocenters. The summed E-state index contributed by atoms with van der Waals surface area (Å²) in [5.41, 5.74) is 0. The van der Waals surface area contributed by atoms with Crippen LogP contribution >= 0.6 is 11.8 Å². The summed E-state index contributed by atoms with van der Waals surface area (Å²) in [5.74, 6) is 1.22. The van der Waals surface area contributed by atoms with Crippen molar-refractivity contribution in [3.8, 4) is 0 Å². The molecule has 0 bridgehead atoms. The van der Waals surface area contributed by atoms with Crippen LogP contribution in [-0.4, -0.2) is 36.8 Å². The van der Waals surface area contributed by atoms with Gasteiger partial charge in [0.25, 0.3) is 0 Å². The lowest BCUT2D eigenvalue weighted by Crippen LogP contribution is -2.29. The highest BCUT2D eigenvalue weighted by Crippen LogP contribution is 2.27. The molecule has 14 heavy (non-hydrogen) atoms. The molecule has 3 heteroatoms. The van der Waals surface area contributed by atoms with E-state index < -0.39 is 0 Å². The minimum Gasteiger partial charge on any atom is -0.377 e. The summed E-state index contributed by atoms with van der Waals surface area (Å²) in [6, 6.07) is 0.679. The van der Waals surface area contributed by atoms with E-state index >= 15 is 0 Å². The molecule has 0 aromatic heterocycles. The molecule has 3 atom stereocenters. The number of hydrogen-bond donors (Lipinski definition) is 1. The first kappa shape index (κ1) is 12.3. The van der Waals surface area contributed by atoms with Crippen LogP contribution in [0.25, 0.3) is 0 Å². The molecule has 0 saturated carbocycles. The predicted molar refractivity (Wildman–Crippen MR) is 64.0 cm³/mol. The van der Waals surface area contributed by atoms with Crippen LogP contribution in [0.1, 0.15) is 33.1 Å². The molecule has 0 aromatic rings. The van der Waals surface area contributed by atoms with Crippen LogP contribution in [0.5, 0.6) is 0 Å². The molecule has 1 aliphatic rings. The Hall–Kier alpha value is 0.270. The van der Waals surface area contributed by atoms with Gasteiger partial charge < -0.3 is 10.1 Å². The van der Waals surface area contributed by atoms with Crippen LogP contribution in [0.4, 0.5) is 0 Å². The van der Waals surface area contributed by atoms with E-state index in [0.717, 1.165) is 11.9 Å². The Morgan fingerprint density at radius 3 is 2.86 bits per heavy atom. The molecule has 1 saturated heterocycles. The van der Waals surface area contributed by atoms with Crippen molar-refractivity contribution >= 4 is 11.8 Å². The molecule has 2 nitrogen and oxygen atoms in total. The largest absolute Gasteiger partial charge is 0.377 e. The zero-order valence-electron chi connectivity index (χ0n) is 9.58. The third-order valence-electron chi connectivity index (χ3n) is 2.86. The van der Waals surface area contributed by atoms with Gasteiger partial charge in [-0.15, -0.1) is 0 Å². The van der Waals surface area contributed by atoms with Gasteiger partial charge in [0.15, 0.2) is 0 Å². The zero-order valence-corrected chi connectivity index (χ0v) is 10.4. The normalized spacial score (nSPS) is 29.4. The van der Waals surface area contributed by atoms with Gasteiger partial charge in [0.2, 0.25) is 0 Å². The Morgan fingerprint density at radius 1 is 1.57 bits per heavy atom. The average molecular weight is 217 g/mol. The summed E-state index contributed by atoms with van der Waals surface area (Å²) in [6.07, 6.45) is 4.24. The fourth-order valence-corrected chi connectivity index (χ4v) is 3.26. The average Bonchev–Trinajstić information content (AvgIpc) is 2.59. The molecular formula is C11H23NOS. The van der Waals surface area contributed by atoms with Gasteiger partial charge in [-0.25, -0.2) is 0 Å². The Kier molecular flexibility index (Phi) is 5.90. The Labute approximate surface area is 92.2 Å². The number of thioether (sulfide) groups is 1. The van der Waals surface area contributed by atoms with E-state index in [1.165, 1.54) is 25.0 Å². The highest BCUT2D eigenvalue weighted by Gasteiger charge is 2.24. The van der Waals surface area contributed by atoms with Crippen LogP contribution in [-0.2, 0) is 4.74 Å². The fourth-order valence-electron chi connectivity index (χ4n) is 1.83. The summed E-state index contributed by atoms with van der Waals surface area (Å²) < 4.78 is 5.55. The minimum atomic E-state index is 0.458. The van der Waals surface area contributed by atoms with E-state index in [1.807, 2.05) is 0 Å². The van der Waals surface area contributed by atoms with Crippen LogP contribution in [0.3, 0.4) is 0 Å². The number of ether oxygens (including phenoxy) is 1. The topological polar surface area (TPSA) is 21.3 Å². The second-order valence-corrected chi connectivity index (χ2v) is 5.28. The van der Waals surface area contributed by atoms with Crippen molar-refractivity contribution in [2.45, 2.75) is 50.5 Å². The predicted octanol–water partition coefficient (Wildman–Crippen LogP) is 2.29. The summed E-state index contributed by atoms with van der Waals surface area (Å²) in [7, 11) is 2.06. The van der Waals surface area contributed by atoms with E-state index in [0.29, 0.717) is 12.1 Å². The van der Waals surface area contributed by atoms with Crippen LogP contribution in [0, 0.1) is 0 Å². The summed E-state index contributed by atoms with van der Waals surface area (Å²) >= 11 is 2.08. The van der Waals surface area contributed by atoms with Crippen molar-refractivity contribution in [1.29, 1.82) is 0 Å². The number of hydrogen-bond acceptors (Lipinski definition) is 3. The Balaban J connectivity index is 2.17. The number of nitrogens with one attached hydrogen (secondary N) is 1. The molecule has 1 N–H and O–H groups in total. The molecule has 0 spiro atoms. The first-order valence-corrected chi connectivity index (χ1v) is 6.73.